The summed E-state index contributed by atoms with van der Waals surface area (Å²) in [7, 11) is 0. The van der Waals surface area contributed by atoms with E-state index in [4.69, 9.17) is 0 Å². The molecule has 0 radical (unpaired) electrons. The molecular formula is C12H11NS. The molecule has 0 saturated carbocycles. The number of hydrogen-bond donors (Lipinski definition) is 0. The van der Waals surface area contributed by atoms with Crippen molar-refractivity contribution in [3.63, 3.8) is 0 Å². The molecule has 14 heavy (non-hydrogen) atoms. The van der Waals surface area contributed by atoms with E-state index < -0.39 is 0 Å². The van der Waals surface area contributed by atoms with E-state index in [2.05, 4.69) is 23.7 Å². The summed E-state index contributed by atoms with van der Waals surface area (Å²) in [5, 5.41) is 0. The Morgan fingerprint density at radius 1 is 1.43 bits per heavy atom. The minimum Gasteiger partial charge on any atom is -0.245 e. The van der Waals surface area contributed by atoms with Gasteiger partial charge in [0.15, 0.2) is 0 Å². The van der Waals surface area contributed by atoms with Crippen LogP contribution in [0, 0.1) is 0 Å². The molecular weight excluding hydrogens is 190 g/mol. The van der Waals surface area contributed by atoms with Gasteiger partial charge in [0.2, 0.25) is 0 Å². The zero-order chi connectivity index (χ0) is 9.97. The first-order chi connectivity index (χ1) is 6.86. The number of aromatic nitrogens is 1. The summed E-state index contributed by atoms with van der Waals surface area (Å²) < 4.78 is 1.24. The van der Waals surface area contributed by atoms with Crippen molar-refractivity contribution in [1.82, 2.24) is 4.98 Å². The third kappa shape index (κ3) is 1.38. The Morgan fingerprint density at radius 2 is 2.29 bits per heavy atom. The monoisotopic (exact) mass is 201 g/mol. The molecule has 0 unspecified atom stereocenters. The molecule has 2 heteroatoms. The minimum atomic E-state index is 1.06. The molecule has 1 aromatic heterocycles. The molecule has 0 atom stereocenters. The van der Waals surface area contributed by atoms with E-state index in [1.807, 2.05) is 30.7 Å². The van der Waals surface area contributed by atoms with Crippen LogP contribution in [0.5, 0.6) is 0 Å². The van der Waals surface area contributed by atoms with Crippen molar-refractivity contribution in [3.05, 3.63) is 41.4 Å². The van der Waals surface area contributed by atoms with Gasteiger partial charge in [0, 0.05) is 5.56 Å². The number of nitrogens with zero attached hydrogens (tertiary/aromatic N) is 1. The Hall–Kier alpha value is -1.41. The molecule has 0 bridgehead atoms. The number of hydrogen-bond acceptors (Lipinski definition) is 2. The van der Waals surface area contributed by atoms with Crippen LogP contribution in [0.15, 0.2) is 30.3 Å². The molecule has 0 saturated heterocycles. The highest BCUT2D eigenvalue weighted by atomic mass is 32.1. The van der Waals surface area contributed by atoms with E-state index in [0.717, 1.165) is 5.52 Å². The van der Waals surface area contributed by atoms with Crippen LogP contribution in [0.2, 0.25) is 0 Å². The van der Waals surface area contributed by atoms with Gasteiger partial charge in [-0.25, -0.2) is 4.98 Å². The molecule has 0 amide bonds. The van der Waals surface area contributed by atoms with Crippen LogP contribution >= 0.6 is 11.3 Å². The van der Waals surface area contributed by atoms with Gasteiger partial charge in [0.1, 0.15) is 0 Å². The van der Waals surface area contributed by atoms with Crippen LogP contribution < -0.4 is 0 Å². The van der Waals surface area contributed by atoms with Crippen LogP contribution in [0.1, 0.15) is 18.1 Å². The SMILES string of the molecule is C=Cc1ccc2ncsc2c1/C=C\C. The van der Waals surface area contributed by atoms with Crippen LogP contribution in [-0.2, 0) is 0 Å². The molecule has 2 rings (SSSR count). The zero-order valence-corrected chi connectivity index (χ0v) is 8.84. The van der Waals surface area contributed by atoms with Crippen molar-refractivity contribution in [1.29, 1.82) is 0 Å². The van der Waals surface area contributed by atoms with Crippen molar-refractivity contribution in [2.45, 2.75) is 6.92 Å². The lowest BCUT2D eigenvalue weighted by molar-refractivity contribution is 1.49. The largest absolute Gasteiger partial charge is 0.245 e. The molecule has 70 valence electrons. The summed E-state index contributed by atoms with van der Waals surface area (Å²) >= 11 is 1.67. The van der Waals surface area contributed by atoms with Crippen LogP contribution in [-0.4, -0.2) is 4.98 Å². The predicted octanol–water partition coefficient (Wildman–Crippen LogP) is 3.97. The second kappa shape index (κ2) is 3.76. The Morgan fingerprint density at radius 3 is 3.00 bits per heavy atom. The van der Waals surface area contributed by atoms with E-state index in [1.165, 1.54) is 15.8 Å². The highest BCUT2D eigenvalue weighted by Crippen LogP contribution is 2.27. The Labute approximate surface area is 87.4 Å². The predicted molar refractivity (Wildman–Crippen MR) is 64.4 cm³/mol. The highest BCUT2D eigenvalue weighted by Gasteiger charge is 2.04. The van der Waals surface area contributed by atoms with Crippen LogP contribution in [0.3, 0.4) is 0 Å². The van der Waals surface area contributed by atoms with Gasteiger partial charge in [-0.1, -0.05) is 30.9 Å². The summed E-state index contributed by atoms with van der Waals surface area (Å²) in [6.45, 7) is 5.84. The van der Waals surface area contributed by atoms with Crippen molar-refractivity contribution in [3.8, 4) is 0 Å². The summed E-state index contributed by atoms with van der Waals surface area (Å²) in [4.78, 5) is 4.29. The smallest absolute Gasteiger partial charge is 0.0818 e. The Bertz CT molecular complexity index is 494. The third-order valence-electron chi connectivity index (χ3n) is 2.12. The molecule has 0 aliphatic carbocycles. The normalized spacial score (nSPS) is 11.2. The first kappa shape index (κ1) is 9.16. The van der Waals surface area contributed by atoms with E-state index in [1.54, 1.807) is 11.3 Å². The zero-order valence-electron chi connectivity index (χ0n) is 8.03. The van der Waals surface area contributed by atoms with Gasteiger partial charge in [-0.05, 0) is 18.6 Å². The average Bonchev–Trinajstić information content (AvgIpc) is 2.67. The fourth-order valence-corrected chi connectivity index (χ4v) is 2.31. The third-order valence-corrected chi connectivity index (χ3v) is 3.00. The maximum absolute atomic E-state index is 4.29. The van der Waals surface area contributed by atoms with E-state index >= 15 is 0 Å². The fourth-order valence-electron chi connectivity index (χ4n) is 1.48. The maximum atomic E-state index is 4.29. The van der Waals surface area contributed by atoms with Gasteiger partial charge in [-0.3, -0.25) is 0 Å². The van der Waals surface area contributed by atoms with Crippen molar-refractivity contribution >= 4 is 33.7 Å². The van der Waals surface area contributed by atoms with E-state index in [9.17, 15) is 0 Å². The minimum absolute atomic E-state index is 1.06. The molecule has 1 nitrogen and oxygen atoms in total. The van der Waals surface area contributed by atoms with Gasteiger partial charge in [0.25, 0.3) is 0 Å². The molecule has 1 heterocycles. The topological polar surface area (TPSA) is 12.9 Å². The number of rotatable bonds is 2. The molecule has 0 N–H and O–H groups in total. The van der Waals surface area contributed by atoms with Crippen molar-refractivity contribution in [2.24, 2.45) is 0 Å². The number of allylic oxidation sites excluding steroid dienone is 1. The van der Waals surface area contributed by atoms with Gasteiger partial charge in [-0.2, -0.15) is 0 Å². The standard InChI is InChI=1S/C12H11NS/c1-3-5-10-9(4-2)6-7-11-12(10)14-8-13-11/h3-8H,2H2,1H3/b5-3-. The summed E-state index contributed by atoms with van der Waals surface area (Å²) in [6, 6.07) is 4.10. The maximum Gasteiger partial charge on any atom is 0.0818 e. The molecule has 1 aromatic carbocycles. The van der Waals surface area contributed by atoms with Crippen molar-refractivity contribution in [2.75, 3.05) is 0 Å². The van der Waals surface area contributed by atoms with Gasteiger partial charge in [0.05, 0.1) is 15.7 Å². The molecule has 2 aromatic rings. The lowest BCUT2D eigenvalue weighted by Gasteiger charge is -2.01. The van der Waals surface area contributed by atoms with Crippen LogP contribution in [0.25, 0.3) is 22.4 Å². The average molecular weight is 201 g/mol. The quantitative estimate of drug-likeness (QED) is 0.716. The second-order valence-corrected chi connectivity index (χ2v) is 3.83. The summed E-state index contributed by atoms with van der Waals surface area (Å²) in [5.41, 5.74) is 5.33. The molecule has 0 aliphatic rings. The van der Waals surface area contributed by atoms with Gasteiger partial charge in [-0.15, -0.1) is 11.3 Å². The molecule has 0 spiro atoms. The van der Waals surface area contributed by atoms with Gasteiger partial charge < -0.3 is 0 Å². The second-order valence-electron chi connectivity index (χ2n) is 2.97. The number of fused-ring (bicyclic) bond motifs is 1. The number of thiazole rings is 1. The van der Waals surface area contributed by atoms with E-state index in [-0.39, 0.29) is 0 Å². The lowest BCUT2D eigenvalue weighted by Crippen LogP contribution is -1.80. The van der Waals surface area contributed by atoms with Gasteiger partial charge >= 0.3 is 0 Å². The Kier molecular flexibility index (Phi) is 2.46. The highest BCUT2D eigenvalue weighted by molar-refractivity contribution is 7.17. The summed E-state index contributed by atoms with van der Waals surface area (Å²) in [6.07, 6.45) is 6.04. The first-order valence-corrected chi connectivity index (χ1v) is 5.36. The lowest BCUT2D eigenvalue weighted by atomic mass is 10.1. The Balaban J connectivity index is 2.81. The molecule has 0 fully saturated rings. The van der Waals surface area contributed by atoms with E-state index in [0.29, 0.717) is 0 Å². The number of benzene rings is 1. The molecule has 0 aliphatic heterocycles. The fraction of sp³-hybridized carbons (Fsp3) is 0.0833. The summed E-state index contributed by atoms with van der Waals surface area (Å²) in [5.74, 6) is 0. The van der Waals surface area contributed by atoms with Crippen molar-refractivity contribution < 1.29 is 0 Å². The first-order valence-electron chi connectivity index (χ1n) is 4.48. The van der Waals surface area contributed by atoms with Crippen LogP contribution in [0.4, 0.5) is 0 Å².